The molecule has 0 saturated carbocycles. The molecule has 9 heteroatoms. The van der Waals surface area contributed by atoms with Gasteiger partial charge in [0.05, 0.1) is 24.5 Å². The van der Waals surface area contributed by atoms with Crippen LogP contribution in [0.3, 0.4) is 0 Å². The van der Waals surface area contributed by atoms with Gasteiger partial charge in [-0.2, -0.15) is 4.98 Å². The maximum Gasteiger partial charge on any atom is 0.337 e. The quantitative estimate of drug-likeness (QED) is 0.447. The smallest absolute Gasteiger partial charge is 0.337 e. The Balaban J connectivity index is 1.83. The van der Waals surface area contributed by atoms with E-state index in [9.17, 15) is 9.59 Å². The zero-order valence-corrected chi connectivity index (χ0v) is 19.6. The highest BCUT2D eigenvalue weighted by Gasteiger charge is 2.27. The van der Waals surface area contributed by atoms with Crippen molar-refractivity contribution in [3.8, 4) is 17.5 Å². The second-order valence-corrected chi connectivity index (χ2v) is 8.61. The van der Waals surface area contributed by atoms with Crippen molar-refractivity contribution in [2.75, 3.05) is 18.0 Å². The molecule has 0 bridgehead atoms. The molecule has 9 nitrogen and oxygen atoms in total. The Labute approximate surface area is 202 Å². The molecule has 1 aromatic carbocycles. The van der Waals surface area contributed by atoms with Gasteiger partial charge in [-0.05, 0) is 44.0 Å². The first-order valence-corrected chi connectivity index (χ1v) is 11.7. The molecular formula is C26H27N7O2. The Morgan fingerprint density at radius 1 is 1.09 bits per heavy atom. The number of benzene rings is 1. The summed E-state index contributed by atoms with van der Waals surface area (Å²) in [4.78, 5) is 38.9. The average Bonchev–Trinajstić information content (AvgIpc) is 3.26. The number of rotatable bonds is 5. The first kappa shape index (κ1) is 22.6. The molecule has 1 atom stereocenters. The summed E-state index contributed by atoms with van der Waals surface area (Å²) in [6, 6.07) is 14.7. The molecule has 1 aliphatic rings. The van der Waals surface area contributed by atoms with Crippen molar-refractivity contribution in [1.29, 1.82) is 0 Å². The lowest BCUT2D eigenvalue weighted by Crippen LogP contribution is -2.44. The van der Waals surface area contributed by atoms with Gasteiger partial charge >= 0.3 is 5.69 Å². The van der Waals surface area contributed by atoms with Gasteiger partial charge in [-0.3, -0.25) is 18.9 Å². The molecule has 0 aliphatic carbocycles. The maximum absolute atomic E-state index is 13.9. The van der Waals surface area contributed by atoms with Crippen LogP contribution in [0.2, 0.25) is 0 Å². The van der Waals surface area contributed by atoms with Crippen LogP contribution in [0, 0.1) is 11.8 Å². The molecule has 0 radical (unpaired) electrons. The van der Waals surface area contributed by atoms with Gasteiger partial charge in [0.15, 0.2) is 11.2 Å². The van der Waals surface area contributed by atoms with Gasteiger partial charge in [0, 0.05) is 25.3 Å². The number of hydrogen-bond donors (Lipinski definition) is 1. The standard InChI is InChI=1S/C26H27N7O2/c1-2-3-16-31-22-23(29-25(31)30-15-9-10-19(27)17-30)33(21-12-5-4-6-13-21)26(35)32(24(22)34)18-20-11-7-8-14-28-20/h4-8,11-14,19H,9-10,15-18,27H2,1H3. The van der Waals surface area contributed by atoms with E-state index in [2.05, 4.69) is 21.7 Å². The third-order valence-corrected chi connectivity index (χ3v) is 6.23. The summed E-state index contributed by atoms with van der Waals surface area (Å²) in [5.41, 5.74) is 7.27. The lowest BCUT2D eigenvalue weighted by Gasteiger charge is -2.31. The molecule has 4 heterocycles. The van der Waals surface area contributed by atoms with E-state index in [1.807, 2.05) is 41.0 Å². The molecule has 5 rings (SSSR count). The SMILES string of the molecule is CC#CCn1c(N2CCCC(N)C2)nc2c1c(=O)n(Cc1ccccn1)c(=O)n2-c1ccccc1. The van der Waals surface area contributed by atoms with Crippen LogP contribution in [0.15, 0.2) is 64.3 Å². The van der Waals surface area contributed by atoms with Crippen LogP contribution in [0.5, 0.6) is 0 Å². The van der Waals surface area contributed by atoms with E-state index < -0.39 is 11.2 Å². The molecule has 1 saturated heterocycles. The molecule has 3 aromatic heterocycles. The van der Waals surface area contributed by atoms with Crippen LogP contribution >= 0.6 is 0 Å². The van der Waals surface area contributed by atoms with E-state index in [1.165, 1.54) is 9.13 Å². The summed E-state index contributed by atoms with van der Waals surface area (Å²) in [5, 5.41) is 0. The largest absolute Gasteiger partial charge is 0.341 e. The summed E-state index contributed by atoms with van der Waals surface area (Å²) in [6.45, 7) is 3.49. The summed E-state index contributed by atoms with van der Waals surface area (Å²) >= 11 is 0. The third kappa shape index (κ3) is 4.24. The number of imidazole rings is 1. The minimum Gasteiger partial charge on any atom is -0.341 e. The number of nitrogens with zero attached hydrogens (tertiary/aromatic N) is 6. The van der Waals surface area contributed by atoms with E-state index >= 15 is 0 Å². The zero-order valence-electron chi connectivity index (χ0n) is 19.6. The van der Waals surface area contributed by atoms with Crippen molar-refractivity contribution >= 4 is 17.1 Å². The van der Waals surface area contributed by atoms with E-state index in [0.29, 0.717) is 35.0 Å². The number of piperidine rings is 1. The van der Waals surface area contributed by atoms with Gasteiger partial charge in [0.1, 0.15) is 0 Å². The number of hydrogen-bond acceptors (Lipinski definition) is 6. The van der Waals surface area contributed by atoms with Crippen molar-refractivity contribution < 1.29 is 0 Å². The first-order valence-electron chi connectivity index (χ1n) is 11.7. The second-order valence-electron chi connectivity index (χ2n) is 8.61. The minimum atomic E-state index is -0.465. The van der Waals surface area contributed by atoms with Gasteiger partial charge in [-0.25, -0.2) is 9.36 Å². The molecule has 178 valence electrons. The normalized spacial score (nSPS) is 15.7. The molecule has 1 fully saturated rings. The highest BCUT2D eigenvalue weighted by molar-refractivity contribution is 5.76. The molecule has 1 aliphatic heterocycles. The number of pyridine rings is 1. The fourth-order valence-corrected chi connectivity index (χ4v) is 4.57. The monoisotopic (exact) mass is 469 g/mol. The predicted octanol–water partition coefficient (Wildman–Crippen LogP) is 1.74. The first-order chi connectivity index (χ1) is 17.1. The van der Waals surface area contributed by atoms with Crippen molar-refractivity contribution in [3.05, 3.63) is 81.3 Å². The van der Waals surface area contributed by atoms with Gasteiger partial charge in [-0.15, -0.1) is 5.92 Å². The lowest BCUT2D eigenvalue weighted by molar-refractivity contribution is 0.496. The average molecular weight is 470 g/mol. The highest BCUT2D eigenvalue weighted by Crippen LogP contribution is 2.24. The van der Waals surface area contributed by atoms with E-state index in [4.69, 9.17) is 10.7 Å². The Hall–Kier alpha value is -4.16. The molecule has 2 N–H and O–H groups in total. The van der Waals surface area contributed by atoms with Crippen LogP contribution in [0.25, 0.3) is 16.9 Å². The Bertz CT molecular complexity index is 1530. The van der Waals surface area contributed by atoms with Crippen LogP contribution in [0.1, 0.15) is 25.5 Å². The maximum atomic E-state index is 13.9. The van der Waals surface area contributed by atoms with Crippen molar-refractivity contribution in [2.45, 2.75) is 38.9 Å². The minimum absolute atomic E-state index is 0.0198. The van der Waals surface area contributed by atoms with Crippen LogP contribution in [-0.4, -0.2) is 42.8 Å². The number of fused-ring (bicyclic) bond motifs is 1. The number of anilines is 1. The van der Waals surface area contributed by atoms with Gasteiger partial charge in [0.2, 0.25) is 5.95 Å². The van der Waals surface area contributed by atoms with E-state index in [-0.39, 0.29) is 19.1 Å². The van der Waals surface area contributed by atoms with Gasteiger partial charge < -0.3 is 10.6 Å². The van der Waals surface area contributed by atoms with Crippen LogP contribution < -0.4 is 21.9 Å². The lowest BCUT2D eigenvalue weighted by atomic mass is 10.1. The van der Waals surface area contributed by atoms with Crippen LogP contribution in [0.4, 0.5) is 5.95 Å². The molecular weight excluding hydrogens is 442 g/mol. The zero-order chi connectivity index (χ0) is 24.4. The van der Waals surface area contributed by atoms with Crippen molar-refractivity contribution in [1.82, 2.24) is 23.7 Å². The molecule has 0 amide bonds. The van der Waals surface area contributed by atoms with Gasteiger partial charge in [0.25, 0.3) is 5.56 Å². The number of aromatic nitrogens is 5. The molecule has 4 aromatic rings. The topological polar surface area (TPSA) is 104 Å². The van der Waals surface area contributed by atoms with Crippen molar-refractivity contribution in [2.24, 2.45) is 5.73 Å². The molecule has 0 spiro atoms. The number of nitrogens with two attached hydrogens (primary N) is 1. The molecule has 35 heavy (non-hydrogen) atoms. The fourth-order valence-electron chi connectivity index (χ4n) is 4.57. The Kier molecular flexibility index (Phi) is 6.21. The van der Waals surface area contributed by atoms with Crippen LogP contribution in [-0.2, 0) is 13.1 Å². The van der Waals surface area contributed by atoms with E-state index in [1.54, 1.807) is 25.3 Å². The molecule has 1 unspecified atom stereocenters. The summed E-state index contributed by atoms with van der Waals surface area (Å²) < 4.78 is 4.55. The highest BCUT2D eigenvalue weighted by atomic mass is 16.2. The third-order valence-electron chi connectivity index (χ3n) is 6.23. The van der Waals surface area contributed by atoms with Gasteiger partial charge in [-0.1, -0.05) is 30.2 Å². The fraction of sp³-hybridized carbons (Fsp3) is 0.308. The van der Waals surface area contributed by atoms with Crippen molar-refractivity contribution in [3.63, 3.8) is 0 Å². The summed E-state index contributed by atoms with van der Waals surface area (Å²) in [6.07, 6.45) is 3.52. The Morgan fingerprint density at radius 2 is 1.89 bits per heavy atom. The summed E-state index contributed by atoms with van der Waals surface area (Å²) in [7, 11) is 0. The Morgan fingerprint density at radius 3 is 2.60 bits per heavy atom. The second kappa shape index (κ2) is 9.60. The predicted molar refractivity (Wildman–Crippen MR) is 136 cm³/mol. The van der Waals surface area contributed by atoms with E-state index in [0.717, 1.165) is 19.4 Å². The number of para-hydroxylation sites is 1. The summed E-state index contributed by atoms with van der Waals surface area (Å²) in [5.74, 6) is 6.59.